The molecule has 2 heterocycles. The molecule has 5 nitrogen and oxygen atoms in total. The minimum Gasteiger partial charge on any atom is -0.341 e. The monoisotopic (exact) mass is 313 g/mol. The zero-order valence-corrected chi connectivity index (χ0v) is 11.6. The van der Waals surface area contributed by atoms with Crippen LogP contribution in [0.5, 0.6) is 0 Å². The predicted molar refractivity (Wildman–Crippen MR) is 72.2 cm³/mol. The number of nitrogens with two attached hydrogens (primary N) is 1. The highest BCUT2D eigenvalue weighted by Crippen LogP contribution is 2.09. The standard InChI is InChI=1S/C12H16BrN3O2/c13-9-1-2-11(17)15(7-9)6-4-12(18)16-5-3-10(14)8-16/h1-2,7,10H,3-6,8,14H2. The summed E-state index contributed by atoms with van der Waals surface area (Å²) >= 11 is 3.31. The molecule has 0 aliphatic carbocycles. The molecule has 0 radical (unpaired) electrons. The van der Waals surface area contributed by atoms with Crippen molar-refractivity contribution in [2.45, 2.75) is 25.4 Å². The number of rotatable bonds is 3. The van der Waals surface area contributed by atoms with Crippen LogP contribution in [0, 0.1) is 0 Å². The maximum absolute atomic E-state index is 11.9. The van der Waals surface area contributed by atoms with Crippen molar-refractivity contribution >= 4 is 21.8 Å². The highest BCUT2D eigenvalue weighted by atomic mass is 79.9. The SMILES string of the molecule is NC1CCN(C(=O)CCn2cc(Br)ccc2=O)C1. The van der Waals surface area contributed by atoms with Crippen LogP contribution in [-0.4, -0.2) is 34.5 Å². The fourth-order valence-electron chi connectivity index (χ4n) is 2.06. The molecule has 2 rings (SSSR count). The molecule has 2 N–H and O–H groups in total. The van der Waals surface area contributed by atoms with E-state index in [0.29, 0.717) is 19.5 Å². The van der Waals surface area contributed by atoms with Crippen LogP contribution in [-0.2, 0) is 11.3 Å². The number of carbonyl (C=O) groups excluding carboxylic acids is 1. The van der Waals surface area contributed by atoms with Crippen molar-refractivity contribution in [1.29, 1.82) is 0 Å². The third-order valence-corrected chi connectivity index (χ3v) is 3.56. The average molecular weight is 314 g/mol. The zero-order chi connectivity index (χ0) is 13.1. The number of halogens is 1. The molecular weight excluding hydrogens is 298 g/mol. The third kappa shape index (κ3) is 3.20. The third-order valence-electron chi connectivity index (χ3n) is 3.09. The summed E-state index contributed by atoms with van der Waals surface area (Å²) in [6, 6.07) is 3.28. The van der Waals surface area contributed by atoms with Crippen molar-refractivity contribution in [3.63, 3.8) is 0 Å². The molecule has 1 fully saturated rings. The van der Waals surface area contributed by atoms with Gasteiger partial charge in [0.15, 0.2) is 0 Å². The van der Waals surface area contributed by atoms with Crippen molar-refractivity contribution in [2.24, 2.45) is 5.73 Å². The van der Waals surface area contributed by atoms with E-state index in [9.17, 15) is 9.59 Å². The largest absolute Gasteiger partial charge is 0.341 e. The number of aryl methyl sites for hydroxylation is 1. The Morgan fingerprint density at radius 1 is 1.50 bits per heavy atom. The van der Waals surface area contributed by atoms with Gasteiger partial charge in [-0.2, -0.15) is 0 Å². The Balaban J connectivity index is 1.93. The van der Waals surface area contributed by atoms with E-state index in [1.807, 2.05) is 0 Å². The first-order valence-electron chi connectivity index (χ1n) is 5.95. The van der Waals surface area contributed by atoms with Crippen molar-refractivity contribution < 1.29 is 4.79 Å². The second kappa shape index (κ2) is 5.67. The van der Waals surface area contributed by atoms with E-state index in [0.717, 1.165) is 17.4 Å². The maximum atomic E-state index is 11.9. The molecule has 1 aliphatic heterocycles. The normalized spacial score (nSPS) is 19.2. The number of pyridine rings is 1. The van der Waals surface area contributed by atoms with Gasteiger partial charge in [0.25, 0.3) is 5.56 Å². The molecule has 6 heteroatoms. The Labute approximate surface area is 114 Å². The zero-order valence-electron chi connectivity index (χ0n) is 10.0. The van der Waals surface area contributed by atoms with Crippen LogP contribution in [0.25, 0.3) is 0 Å². The number of hydrogen-bond acceptors (Lipinski definition) is 3. The molecule has 1 aromatic rings. The molecule has 98 valence electrons. The number of nitrogens with zero attached hydrogens (tertiary/aromatic N) is 2. The predicted octanol–water partition coefficient (Wildman–Crippen LogP) is 0.560. The first kappa shape index (κ1) is 13.3. The van der Waals surface area contributed by atoms with E-state index < -0.39 is 0 Å². The van der Waals surface area contributed by atoms with Crippen LogP contribution < -0.4 is 11.3 Å². The van der Waals surface area contributed by atoms with Gasteiger partial charge in [0, 0.05) is 48.8 Å². The summed E-state index contributed by atoms with van der Waals surface area (Å²) in [6.07, 6.45) is 2.90. The van der Waals surface area contributed by atoms with Crippen molar-refractivity contribution in [3.05, 3.63) is 33.2 Å². The molecular formula is C12H16BrN3O2. The number of likely N-dealkylation sites (tertiary alicyclic amines) is 1. The minimum atomic E-state index is -0.0934. The van der Waals surface area contributed by atoms with Crippen LogP contribution in [0.3, 0.4) is 0 Å². The summed E-state index contributed by atoms with van der Waals surface area (Å²) in [5.41, 5.74) is 5.67. The molecule has 0 saturated carbocycles. The Hall–Kier alpha value is -1.14. The van der Waals surface area contributed by atoms with Crippen LogP contribution in [0.15, 0.2) is 27.6 Å². The average Bonchev–Trinajstić information content (AvgIpc) is 2.77. The lowest BCUT2D eigenvalue weighted by Gasteiger charge is -2.16. The second-order valence-corrected chi connectivity index (χ2v) is 5.43. The molecule has 0 bridgehead atoms. The van der Waals surface area contributed by atoms with Gasteiger partial charge in [0.05, 0.1) is 0 Å². The molecule has 1 aliphatic rings. The molecule has 18 heavy (non-hydrogen) atoms. The first-order valence-corrected chi connectivity index (χ1v) is 6.75. The summed E-state index contributed by atoms with van der Waals surface area (Å²) in [5, 5.41) is 0. The molecule has 1 unspecified atom stereocenters. The Morgan fingerprint density at radius 3 is 2.94 bits per heavy atom. The van der Waals surface area contributed by atoms with E-state index in [-0.39, 0.29) is 17.5 Å². The van der Waals surface area contributed by atoms with Gasteiger partial charge in [0.2, 0.25) is 5.91 Å². The summed E-state index contributed by atoms with van der Waals surface area (Å²) in [7, 11) is 0. The second-order valence-electron chi connectivity index (χ2n) is 4.52. The number of carbonyl (C=O) groups is 1. The maximum Gasteiger partial charge on any atom is 0.250 e. The lowest BCUT2D eigenvalue weighted by molar-refractivity contribution is -0.130. The minimum absolute atomic E-state index is 0.0647. The van der Waals surface area contributed by atoms with Gasteiger partial charge >= 0.3 is 0 Å². The summed E-state index contributed by atoms with van der Waals surface area (Å²) < 4.78 is 2.37. The van der Waals surface area contributed by atoms with Gasteiger partial charge in [-0.25, -0.2) is 0 Å². The summed E-state index contributed by atoms with van der Waals surface area (Å²) in [5.74, 6) is 0.0647. The van der Waals surface area contributed by atoms with Crippen LogP contribution >= 0.6 is 15.9 Å². The first-order chi connectivity index (χ1) is 8.56. The highest BCUT2D eigenvalue weighted by Gasteiger charge is 2.23. The van der Waals surface area contributed by atoms with Gasteiger partial charge < -0.3 is 15.2 Å². The van der Waals surface area contributed by atoms with Crippen LogP contribution in [0.2, 0.25) is 0 Å². The Morgan fingerprint density at radius 2 is 2.28 bits per heavy atom. The van der Waals surface area contributed by atoms with Gasteiger partial charge in [-0.05, 0) is 28.4 Å². The molecule has 1 atom stereocenters. The summed E-state index contributed by atoms with van der Waals surface area (Å²) in [4.78, 5) is 25.2. The van der Waals surface area contributed by atoms with Crippen LogP contribution in [0.1, 0.15) is 12.8 Å². The van der Waals surface area contributed by atoms with Gasteiger partial charge in [0.1, 0.15) is 0 Å². The quantitative estimate of drug-likeness (QED) is 0.886. The summed E-state index contributed by atoms with van der Waals surface area (Å²) in [6.45, 7) is 1.77. The molecule has 0 aromatic carbocycles. The van der Waals surface area contributed by atoms with Crippen LogP contribution in [0.4, 0.5) is 0 Å². The van der Waals surface area contributed by atoms with E-state index in [1.54, 1.807) is 17.2 Å². The van der Waals surface area contributed by atoms with E-state index in [4.69, 9.17) is 5.73 Å². The van der Waals surface area contributed by atoms with Gasteiger partial charge in [-0.3, -0.25) is 9.59 Å². The smallest absolute Gasteiger partial charge is 0.250 e. The van der Waals surface area contributed by atoms with Gasteiger partial charge in [-0.1, -0.05) is 0 Å². The topological polar surface area (TPSA) is 68.3 Å². The fraction of sp³-hybridized carbons (Fsp3) is 0.500. The Kier molecular flexibility index (Phi) is 4.19. The molecule has 1 amide bonds. The van der Waals surface area contributed by atoms with E-state index in [1.165, 1.54) is 10.6 Å². The van der Waals surface area contributed by atoms with Crippen molar-refractivity contribution in [1.82, 2.24) is 9.47 Å². The highest BCUT2D eigenvalue weighted by molar-refractivity contribution is 9.10. The number of amides is 1. The lowest BCUT2D eigenvalue weighted by atomic mass is 10.3. The number of aromatic nitrogens is 1. The molecule has 1 saturated heterocycles. The van der Waals surface area contributed by atoms with Gasteiger partial charge in [-0.15, -0.1) is 0 Å². The molecule has 0 spiro atoms. The van der Waals surface area contributed by atoms with E-state index in [2.05, 4.69) is 15.9 Å². The fourth-order valence-corrected chi connectivity index (χ4v) is 2.44. The van der Waals surface area contributed by atoms with Crippen molar-refractivity contribution in [2.75, 3.05) is 13.1 Å². The molecule has 1 aromatic heterocycles. The lowest BCUT2D eigenvalue weighted by Crippen LogP contribution is -2.33. The van der Waals surface area contributed by atoms with Crippen molar-refractivity contribution in [3.8, 4) is 0 Å². The Bertz CT molecular complexity index is 500. The van der Waals surface area contributed by atoms with E-state index >= 15 is 0 Å². The number of hydrogen-bond donors (Lipinski definition) is 1.